The summed E-state index contributed by atoms with van der Waals surface area (Å²) in [6.07, 6.45) is 11.7. The molecule has 4 saturated carbocycles. The highest BCUT2D eigenvalue weighted by atomic mass is 79.9. The van der Waals surface area contributed by atoms with Crippen molar-refractivity contribution in [3.63, 3.8) is 0 Å². The monoisotopic (exact) mass is 281 g/mol. The molecule has 0 amide bonds. The number of halogens is 1. The Bertz CT molecular complexity index is 400. The maximum absolute atomic E-state index is 4.42. The molecule has 4 heteroatoms. The van der Waals surface area contributed by atoms with E-state index in [1.807, 2.05) is 6.33 Å². The summed E-state index contributed by atoms with van der Waals surface area (Å²) in [5, 5.41) is 4.42. The van der Waals surface area contributed by atoms with Crippen LogP contribution in [0.1, 0.15) is 38.5 Å². The topological polar surface area (TPSA) is 30.7 Å². The van der Waals surface area contributed by atoms with E-state index in [1.54, 1.807) is 6.33 Å². The average molecular weight is 282 g/mol. The summed E-state index contributed by atoms with van der Waals surface area (Å²) in [4.78, 5) is 4.14. The SMILES string of the molecule is BrC12C[C@@H]3C[C@@H](C1)CC(n1cncn1)(C3)C2. The molecule has 0 aromatic carbocycles. The Hall–Kier alpha value is -0.380. The Morgan fingerprint density at radius 2 is 1.94 bits per heavy atom. The minimum absolute atomic E-state index is 0.282. The van der Waals surface area contributed by atoms with Crippen molar-refractivity contribution < 1.29 is 0 Å². The van der Waals surface area contributed by atoms with E-state index in [9.17, 15) is 0 Å². The lowest BCUT2D eigenvalue weighted by molar-refractivity contribution is -0.0324. The summed E-state index contributed by atoms with van der Waals surface area (Å²) < 4.78 is 2.56. The predicted octanol–water partition coefficient (Wildman–Crippen LogP) is 2.72. The van der Waals surface area contributed by atoms with Crippen molar-refractivity contribution in [3.05, 3.63) is 12.7 Å². The number of rotatable bonds is 1. The Kier molecular flexibility index (Phi) is 1.74. The third-order valence-electron chi connectivity index (χ3n) is 4.86. The molecular formula is C12H16BrN3. The first kappa shape index (κ1) is 9.63. The van der Waals surface area contributed by atoms with Gasteiger partial charge >= 0.3 is 0 Å². The minimum atomic E-state index is 0.282. The molecule has 0 saturated heterocycles. The second-order valence-electron chi connectivity index (χ2n) is 6.18. The van der Waals surface area contributed by atoms with E-state index in [2.05, 4.69) is 30.7 Å². The van der Waals surface area contributed by atoms with Gasteiger partial charge < -0.3 is 0 Å². The zero-order chi connectivity index (χ0) is 10.8. The molecule has 0 N–H and O–H groups in total. The summed E-state index contributed by atoms with van der Waals surface area (Å²) in [6.45, 7) is 0. The van der Waals surface area contributed by atoms with Gasteiger partial charge in [-0.25, -0.2) is 9.67 Å². The molecule has 5 rings (SSSR count). The molecule has 1 aromatic rings. The lowest BCUT2D eigenvalue weighted by atomic mass is 9.53. The molecule has 1 heterocycles. The van der Waals surface area contributed by atoms with E-state index < -0.39 is 0 Å². The van der Waals surface area contributed by atoms with Crippen LogP contribution in [-0.4, -0.2) is 19.1 Å². The van der Waals surface area contributed by atoms with Crippen LogP contribution in [0.15, 0.2) is 12.7 Å². The molecule has 0 unspecified atom stereocenters. The molecule has 4 aliphatic rings. The van der Waals surface area contributed by atoms with Gasteiger partial charge in [-0.05, 0) is 50.4 Å². The Labute approximate surface area is 104 Å². The first-order valence-electron chi connectivity index (χ1n) is 6.22. The maximum Gasteiger partial charge on any atom is 0.137 e. The van der Waals surface area contributed by atoms with Crippen LogP contribution in [0.2, 0.25) is 0 Å². The molecule has 4 aliphatic carbocycles. The highest BCUT2D eigenvalue weighted by Crippen LogP contribution is 2.63. The van der Waals surface area contributed by atoms with Crippen molar-refractivity contribution in [2.45, 2.75) is 48.4 Å². The van der Waals surface area contributed by atoms with Crippen LogP contribution in [0.3, 0.4) is 0 Å². The first-order chi connectivity index (χ1) is 7.68. The number of alkyl halides is 1. The lowest BCUT2D eigenvalue weighted by Gasteiger charge is -2.59. The quantitative estimate of drug-likeness (QED) is 0.741. The highest BCUT2D eigenvalue weighted by Gasteiger charge is 2.58. The molecule has 1 aromatic heterocycles. The van der Waals surface area contributed by atoms with Crippen molar-refractivity contribution >= 4 is 15.9 Å². The van der Waals surface area contributed by atoms with Crippen LogP contribution in [-0.2, 0) is 5.54 Å². The van der Waals surface area contributed by atoms with E-state index in [-0.39, 0.29) is 5.54 Å². The third kappa shape index (κ3) is 1.19. The summed E-state index contributed by atoms with van der Waals surface area (Å²) in [6, 6.07) is 0. The Balaban J connectivity index is 1.80. The van der Waals surface area contributed by atoms with E-state index in [0.29, 0.717) is 4.32 Å². The van der Waals surface area contributed by atoms with Crippen LogP contribution in [0.4, 0.5) is 0 Å². The largest absolute Gasteiger partial charge is 0.247 e. The van der Waals surface area contributed by atoms with Gasteiger partial charge in [0.2, 0.25) is 0 Å². The van der Waals surface area contributed by atoms with Gasteiger partial charge in [0.05, 0.1) is 5.54 Å². The Morgan fingerprint density at radius 1 is 1.19 bits per heavy atom. The fourth-order valence-corrected chi connectivity index (χ4v) is 6.26. The Morgan fingerprint density at radius 3 is 2.50 bits per heavy atom. The van der Waals surface area contributed by atoms with E-state index in [1.165, 1.54) is 38.5 Å². The maximum atomic E-state index is 4.42. The molecule has 4 bridgehead atoms. The van der Waals surface area contributed by atoms with Crippen molar-refractivity contribution in [3.8, 4) is 0 Å². The van der Waals surface area contributed by atoms with Crippen LogP contribution < -0.4 is 0 Å². The summed E-state index contributed by atoms with van der Waals surface area (Å²) in [5.41, 5.74) is 0.282. The number of hydrogen-bond donors (Lipinski definition) is 0. The minimum Gasteiger partial charge on any atom is -0.247 e. The zero-order valence-electron chi connectivity index (χ0n) is 9.27. The van der Waals surface area contributed by atoms with Crippen LogP contribution >= 0.6 is 15.9 Å². The fraction of sp³-hybridized carbons (Fsp3) is 0.833. The van der Waals surface area contributed by atoms with Gasteiger partial charge in [-0.2, -0.15) is 5.10 Å². The molecular weight excluding hydrogens is 266 g/mol. The molecule has 0 aliphatic heterocycles. The van der Waals surface area contributed by atoms with Crippen molar-refractivity contribution in [1.82, 2.24) is 14.8 Å². The lowest BCUT2D eigenvalue weighted by Crippen LogP contribution is -2.57. The summed E-state index contributed by atoms with van der Waals surface area (Å²) >= 11 is 4.02. The van der Waals surface area contributed by atoms with E-state index >= 15 is 0 Å². The van der Waals surface area contributed by atoms with Gasteiger partial charge in [0.1, 0.15) is 12.7 Å². The summed E-state index contributed by atoms with van der Waals surface area (Å²) in [7, 11) is 0. The van der Waals surface area contributed by atoms with Crippen molar-refractivity contribution in [2.24, 2.45) is 11.8 Å². The zero-order valence-corrected chi connectivity index (χ0v) is 10.9. The molecule has 16 heavy (non-hydrogen) atoms. The summed E-state index contributed by atoms with van der Waals surface area (Å²) in [5.74, 6) is 1.81. The van der Waals surface area contributed by atoms with E-state index in [4.69, 9.17) is 0 Å². The second-order valence-corrected chi connectivity index (χ2v) is 7.86. The molecule has 86 valence electrons. The van der Waals surface area contributed by atoms with Crippen molar-refractivity contribution in [1.29, 1.82) is 0 Å². The van der Waals surface area contributed by atoms with Gasteiger partial charge in [0.25, 0.3) is 0 Å². The highest BCUT2D eigenvalue weighted by molar-refractivity contribution is 9.10. The van der Waals surface area contributed by atoms with Crippen molar-refractivity contribution in [2.75, 3.05) is 0 Å². The van der Waals surface area contributed by atoms with Crippen LogP contribution in [0.25, 0.3) is 0 Å². The van der Waals surface area contributed by atoms with Gasteiger partial charge in [0.15, 0.2) is 0 Å². The van der Waals surface area contributed by atoms with Crippen LogP contribution in [0.5, 0.6) is 0 Å². The third-order valence-corrected chi connectivity index (χ3v) is 5.79. The van der Waals surface area contributed by atoms with E-state index in [0.717, 1.165) is 11.8 Å². The fourth-order valence-electron chi connectivity index (χ4n) is 4.82. The predicted molar refractivity (Wildman–Crippen MR) is 64.3 cm³/mol. The number of hydrogen-bond acceptors (Lipinski definition) is 2. The smallest absolute Gasteiger partial charge is 0.137 e. The van der Waals surface area contributed by atoms with Gasteiger partial charge in [-0.15, -0.1) is 0 Å². The first-order valence-corrected chi connectivity index (χ1v) is 7.01. The van der Waals surface area contributed by atoms with Crippen LogP contribution in [0, 0.1) is 11.8 Å². The van der Waals surface area contributed by atoms with Gasteiger partial charge in [0, 0.05) is 4.32 Å². The van der Waals surface area contributed by atoms with Gasteiger partial charge in [-0.3, -0.25) is 0 Å². The molecule has 0 spiro atoms. The average Bonchev–Trinajstić information content (AvgIpc) is 2.65. The molecule has 2 atom stereocenters. The molecule has 4 fully saturated rings. The number of nitrogens with zero attached hydrogens (tertiary/aromatic N) is 3. The number of aromatic nitrogens is 3. The second kappa shape index (κ2) is 2.89. The standard InChI is InChI=1S/C12H16BrN3/c13-11-2-9-1-10(3-11)5-12(4-9,6-11)16-8-14-7-15-16/h7-10H,1-6H2/t9-,10-,11?,12?/m0/s1. The molecule has 0 radical (unpaired) electrons. The normalized spacial score (nSPS) is 49.8. The van der Waals surface area contributed by atoms with Gasteiger partial charge in [-0.1, -0.05) is 15.9 Å². The molecule has 3 nitrogen and oxygen atoms in total.